The van der Waals surface area contributed by atoms with Crippen molar-refractivity contribution in [2.45, 2.75) is 16.8 Å². The van der Waals surface area contributed by atoms with Crippen LogP contribution >= 0.6 is 0 Å². The number of fused-ring (bicyclic) bond motifs is 1. The van der Waals surface area contributed by atoms with Crippen LogP contribution in [0.4, 0.5) is 18.9 Å². The van der Waals surface area contributed by atoms with Gasteiger partial charge in [0.25, 0.3) is 10.0 Å². The lowest BCUT2D eigenvalue weighted by atomic mass is 10.0. The monoisotopic (exact) mass is 553 g/mol. The molecule has 0 bridgehead atoms. The van der Waals surface area contributed by atoms with Gasteiger partial charge in [-0.3, -0.25) is 0 Å². The van der Waals surface area contributed by atoms with Gasteiger partial charge in [-0.25, -0.2) is 17.5 Å². The van der Waals surface area contributed by atoms with Crippen LogP contribution < -0.4 is 4.31 Å². The molecule has 0 atom stereocenters. The van der Waals surface area contributed by atoms with Gasteiger partial charge in [0, 0.05) is 5.56 Å². The van der Waals surface area contributed by atoms with Crippen LogP contribution in [0, 0.1) is 0 Å². The van der Waals surface area contributed by atoms with Crippen molar-refractivity contribution in [2.75, 3.05) is 11.4 Å². The molecule has 0 aromatic heterocycles. The van der Waals surface area contributed by atoms with Crippen LogP contribution in [0.15, 0.2) is 89.5 Å². The number of halogens is 3. The highest BCUT2D eigenvalue weighted by Gasteiger charge is 2.52. The van der Waals surface area contributed by atoms with Crippen LogP contribution in [-0.4, -0.2) is 35.4 Å². The number of methoxy groups -OCH3 is 1. The largest absolute Gasteiger partial charge is 0.534 e. The van der Waals surface area contributed by atoms with E-state index in [9.17, 15) is 34.8 Å². The van der Waals surface area contributed by atoms with E-state index in [1.165, 1.54) is 24.3 Å². The number of rotatable bonds is 6. The third-order valence-corrected chi connectivity index (χ3v) is 8.10. The van der Waals surface area contributed by atoms with E-state index in [0.29, 0.717) is 9.87 Å². The first-order valence-electron chi connectivity index (χ1n) is 10.5. The molecule has 1 aliphatic heterocycles. The highest BCUT2D eigenvalue weighted by molar-refractivity contribution is 7.93. The second kappa shape index (κ2) is 9.56. The standard InChI is InChI=1S/C24H18F3NO7S2/c1-34-23(29)21-22(35-37(32,33)24(25,26)27)18-12-6-8-14-20(18)36(30,31)28(21)19-13-7-5-11-17(19)15-16-9-3-2-4-10-16/h2-14H,15H2,1H3. The van der Waals surface area contributed by atoms with Gasteiger partial charge in [-0.2, -0.15) is 21.6 Å². The molecule has 0 N–H and O–H groups in total. The van der Waals surface area contributed by atoms with Crippen molar-refractivity contribution in [1.82, 2.24) is 0 Å². The molecular weight excluding hydrogens is 535 g/mol. The smallest absolute Gasteiger partial charge is 0.464 e. The van der Waals surface area contributed by atoms with Gasteiger partial charge in [0.1, 0.15) is 0 Å². The van der Waals surface area contributed by atoms with E-state index in [2.05, 4.69) is 8.92 Å². The number of para-hydroxylation sites is 1. The van der Waals surface area contributed by atoms with Crippen LogP contribution in [0.5, 0.6) is 0 Å². The summed E-state index contributed by atoms with van der Waals surface area (Å²) in [5, 5.41) is 0. The average molecular weight is 554 g/mol. The van der Waals surface area contributed by atoms with Gasteiger partial charge >= 0.3 is 21.6 Å². The molecule has 0 fully saturated rings. The van der Waals surface area contributed by atoms with Crippen molar-refractivity contribution in [3.63, 3.8) is 0 Å². The van der Waals surface area contributed by atoms with Crippen LogP contribution in [0.25, 0.3) is 5.76 Å². The Bertz CT molecular complexity index is 1600. The summed E-state index contributed by atoms with van der Waals surface area (Å²) < 4.78 is 101. The Morgan fingerprint density at radius 1 is 0.919 bits per heavy atom. The number of esters is 1. The molecule has 0 saturated heterocycles. The number of ether oxygens (including phenoxy) is 1. The maximum Gasteiger partial charge on any atom is 0.534 e. The van der Waals surface area contributed by atoms with Crippen molar-refractivity contribution in [1.29, 1.82) is 0 Å². The fourth-order valence-electron chi connectivity index (χ4n) is 3.76. The molecule has 4 rings (SSSR count). The lowest BCUT2D eigenvalue weighted by molar-refractivity contribution is -0.136. The molecule has 8 nitrogen and oxygen atoms in total. The molecular formula is C24H18F3NO7S2. The molecule has 0 aliphatic carbocycles. The Morgan fingerprint density at radius 3 is 2.16 bits per heavy atom. The van der Waals surface area contributed by atoms with Gasteiger partial charge in [-0.05, 0) is 35.7 Å². The first-order valence-corrected chi connectivity index (χ1v) is 13.3. The van der Waals surface area contributed by atoms with E-state index in [1.54, 1.807) is 42.5 Å². The number of anilines is 1. The fraction of sp³-hybridized carbons (Fsp3) is 0.125. The molecule has 0 amide bonds. The zero-order valence-corrected chi connectivity index (χ0v) is 20.6. The van der Waals surface area contributed by atoms with E-state index in [4.69, 9.17) is 0 Å². The zero-order chi connectivity index (χ0) is 27.0. The molecule has 1 aliphatic rings. The molecule has 37 heavy (non-hydrogen) atoms. The average Bonchev–Trinajstić information content (AvgIpc) is 2.85. The van der Waals surface area contributed by atoms with Crippen molar-refractivity contribution >= 4 is 37.6 Å². The Morgan fingerprint density at radius 2 is 1.51 bits per heavy atom. The second-order valence-electron chi connectivity index (χ2n) is 7.71. The third-order valence-electron chi connectivity index (χ3n) is 5.37. The molecule has 0 unspecified atom stereocenters. The minimum absolute atomic E-state index is 0.105. The van der Waals surface area contributed by atoms with Gasteiger partial charge < -0.3 is 8.92 Å². The van der Waals surface area contributed by atoms with Crippen molar-refractivity contribution in [2.24, 2.45) is 0 Å². The predicted octanol–water partition coefficient (Wildman–Crippen LogP) is 4.19. The van der Waals surface area contributed by atoms with Gasteiger partial charge in [-0.1, -0.05) is 60.7 Å². The first kappa shape index (κ1) is 26.2. The van der Waals surface area contributed by atoms with Crippen LogP contribution in [-0.2, 0) is 40.3 Å². The lowest BCUT2D eigenvalue weighted by Crippen LogP contribution is -2.40. The number of carbonyl (C=O) groups excluding carboxylic acids is 1. The summed E-state index contributed by atoms with van der Waals surface area (Å²) in [6, 6.07) is 19.5. The SMILES string of the molecule is COC(=O)C1=C(OS(=O)(=O)C(F)(F)F)c2ccccc2S(=O)(=O)N1c1ccccc1Cc1ccccc1. The maximum atomic E-state index is 13.8. The summed E-state index contributed by atoms with van der Waals surface area (Å²) in [6.07, 6.45) is 0.177. The number of hydrogen-bond acceptors (Lipinski definition) is 7. The quantitative estimate of drug-likeness (QED) is 0.256. The Kier molecular flexibility index (Phi) is 6.78. The predicted molar refractivity (Wildman–Crippen MR) is 127 cm³/mol. The number of alkyl halides is 3. The van der Waals surface area contributed by atoms with Gasteiger partial charge in [0.15, 0.2) is 11.5 Å². The fourth-order valence-corrected chi connectivity index (χ4v) is 5.96. The van der Waals surface area contributed by atoms with Gasteiger partial charge in [0.05, 0.1) is 17.7 Å². The number of benzene rings is 3. The Labute approximate surface area is 210 Å². The zero-order valence-electron chi connectivity index (χ0n) is 19.0. The van der Waals surface area contributed by atoms with E-state index >= 15 is 0 Å². The molecule has 0 saturated carbocycles. The number of hydrogen-bond donors (Lipinski definition) is 0. The van der Waals surface area contributed by atoms with E-state index < -0.39 is 53.5 Å². The minimum Gasteiger partial charge on any atom is -0.464 e. The summed E-state index contributed by atoms with van der Waals surface area (Å²) in [7, 11) is -10.1. The molecule has 1 heterocycles. The van der Waals surface area contributed by atoms with Crippen molar-refractivity contribution < 1.29 is 43.7 Å². The molecule has 13 heteroatoms. The molecule has 3 aromatic rings. The highest BCUT2D eigenvalue weighted by atomic mass is 32.2. The highest BCUT2D eigenvalue weighted by Crippen LogP contribution is 2.44. The second-order valence-corrected chi connectivity index (χ2v) is 11.0. The van der Waals surface area contributed by atoms with Crippen molar-refractivity contribution in [3.05, 3.63) is 101 Å². The molecule has 0 spiro atoms. The van der Waals surface area contributed by atoms with Crippen LogP contribution in [0.3, 0.4) is 0 Å². The summed E-state index contributed by atoms with van der Waals surface area (Å²) in [6.45, 7) is 0. The lowest BCUT2D eigenvalue weighted by Gasteiger charge is -2.33. The molecule has 0 radical (unpaired) electrons. The summed E-state index contributed by atoms with van der Waals surface area (Å²) in [5.41, 5.74) is -6.42. The van der Waals surface area contributed by atoms with Gasteiger partial charge in [0.2, 0.25) is 0 Å². The van der Waals surface area contributed by atoms with E-state index in [0.717, 1.165) is 24.8 Å². The third kappa shape index (κ3) is 4.79. The van der Waals surface area contributed by atoms with E-state index in [1.807, 2.05) is 0 Å². The summed E-state index contributed by atoms with van der Waals surface area (Å²) in [4.78, 5) is 12.4. The van der Waals surface area contributed by atoms with Crippen molar-refractivity contribution in [3.8, 4) is 0 Å². The van der Waals surface area contributed by atoms with Gasteiger partial charge in [-0.15, -0.1) is 0 Å². The normalized spacial score (nSPS) is 15.2. The number of carbonyl (C=O) groups is 1. The molecule has 3 aromatic carbocycles. The van der Waals surface area contributed by atoms with E-state index in [-0.39, 0.29) is 12.1 Å². The Hall–Kier alpha value is -3.84. The molecule has 194 valence electrons. The number of sulfonamides is 1. The first-order chi connectivity index (χ1) is 17.4. The Balaban J connectivity index is 2.05. The van der Waals surface area contributed by atoms with Crippen LogP contribution in [0.1, 0.15) is 16.7 Å². The summed E-state index contributed by atoms with van der Waals surface area (Å²) in [5.74, 6) is -2.57. The topological polar surface area (TPSA) is 107 Å². The minimum atomic E-state index is -6.30. The summed E-state index contributed by atoms with van der Waals surface area (Å²) >= 11 is 0. The number of nitrogens with zero attached hydrogens (tertiary/aromatic N) is 1. The maximum absolute atomic E-state index is 13.8. The van der Waals surface area contributed by atoms with Crippen LogP contribution in [0.2, 0.25) is 0 Å².